The minimum absolute atomic E-state index is 0.00834. The third-order valence-corrected chi connectivity index (χ3v) is 6.03. The Labute approximate surface area is 181 Å². The number of piperidine rings is 1. The fourth-order valence-corrected chi connectivity index (χ4v) is 4.47. The van der Waals surface area contributed by atoms with E-state index >= 15 is 0 Å². The minimum atomic E-state index is -0.899. The van der Waals surface area contributed by atoms with Gasteiger partial charge in [0, 0.05) is 36.3 Å². The number of benzene rings is 2. The molecule has 2 amide bonds. The van der Waals surface area contributed by atoms with Crippen LogP contribution in [0.2, 0.25) is 0 Å². The van der Waals surface area contributed by atoms with Crippen molar-refractivity contribution in [1.29, 1.82) is 0 Å². The molecular formula is C25H25N3O3. The average Bonchev–Trinajstić information content (AvgIpc) is 2.80. The van der Waals surface area contributed by atoms with Gasteiger partial charge in [-0.3, -0.25) is 9.78 Å². The van der Waals surface area contributed by atoms with Crippen molar-refractivity contribution in [2.24, 2.45) is 11.7 Å². The van der Waals surface area contributed by atoms with E-state index in [1.54, 1.807) is 24.4 Å². The predicted molar refractivity (Wildman–Crippen MR) is 119 cm³/mol. The van der Waals surface area contributed by atoms with Gasteiger partial charge in [0.2, 0.25) is 5.91 Å². The first-order chi connectivity index (χ1) is 15.0. The number of carbonyl (C=O) groups is 2. The number of carboxylic acid groups (broad SMARTS) is 1. The van der Waals surface area contributed by atoms with Gasteiger partial charge in [0.05, 0.1) is 5.69 Å². The summed E-state index contributed by atoms with van der Waals surface area (Å²) in [5, 5.41) is 9.62. The van der Waals surface area contributed by atoms with Crippen molar-refractivity contribution in [3.8, 4) is 11.3 Å². The van der Waals surface area contributed by atoms with Crippen molar-refractivity contribution in [3.05, 3.63) is 89.6 Å². The van der Waals surface area contributed by atoms with E-state index in [1.165, 1.54) is 10.5 Å². The average molecular weight is 415 g/mol. The highest BCUT2D eigenvalue weighted by Gasteiger charge is 2.34. The number of hydrogen-bond acceptors (Lipinski definition) is 3. The van der Waals surface area contributed by atoms with Gasteiger partial charge < -0.3 is 15.7 Å². The van der Waals surface area contributed by atoms with Gasteiger partial charge in [0.25, 0.3) is 0 Å². The predicted octanol–water partition coefficient (Wildman–Crippen LogP) is 4.17. The maximum atomic E-state index is 11.7. The van der Waals surface area contributed by atoms with Crippen LogP contribution in [0, 0.1) is 5.92 Å². The number of pyridine rings is 1. The molecule has 0 aliphatic carbocycles. The van der Waals surface area contributed by atoms with Gasteiger partial charge in [0.1, 0.15) is 0 Å². The molecule has 2 heterocycles. The van der Waals surface area contributed by atoms with Crippen molar-refractivity contribution in [2.45, 2.75) is 18.8 Å². The van der Waals surface area contributed by atoms with Crippen molar-refractivity contribution >= 4 is 12.0 Å². The molecular weight excluding hydrogens is 390 g/mol. The quantitative estimate of drug-likeness (QED) is 0.653. The fourth-order valence-electron chi connectivity index (χ4n) is 4.47. The van der Waals surface area contributed by atoms with E-state index in [1.807, 2.05) is 36.4 Å². The Hall–Kier alpha value is -3.67. The normalized spacial score (nSPS) is 18.5. The lowest BCUT2D eigenvalue weighted by Gasteiger charge is -2.38. The molecule has 2 atom stereocenters. The molecule has 6 heteroatoms. The first kappa shape index (κ1) is 20.6. The zero-order chi connectivity index (χ0) is 21.8. The summed E-state index contributed by atoms with van der Waals surface area (Å²) in [6.07, 6.45) is 2.47. The van der Waals surface area contributed by atoms with E-state index in [4.69, 9.17) is 5.73 Å². The maximum absolute atomic E-state index is 11.7. The van der Waals surface area contributed by atoms with E-state index in [2.05, 4.69) is 17.1 Å². The number of aromatic nitrogens is 1. The summed E-state index contributed by atoms with van der Waals surface area (Å²) in [5.41, 5.74) is 9.69. The number of rotatable bonds is 5. The summed E-state index contributed by atoms with van der Waals surface area (Å²) in [6, 6.07) is 21.3. The molecule has 3 N–H and O–H groups in total. The molecule has 31 heavy (non-hydrogen) atoms. The molecule has 2 aromatic carbocycles. The molecule has 2 unspecified atom stereocenters. The fraction of sp³-hybridized carbons (Fsp3) is 0.240. The molecule has 0 saturated carbocycles. The topological polar surface area (TPSA) is 96.5 Å². The number of nitrogens with zero attached hydrogens (tertiary/aromatic N) is 2. The smallest absolute Gasteiger partial charge is 0.407 e. The molecule has 158 valence electrons. The molecule has 1 aromatic heterocycles. The first-order valence-electron chi connectivity index (χ1n) is 10.4. The summed E-state index contributed by atoms with van der Waals surface area (Å²) in [6.45, 7) is 0.942. The van der Waals surface area contributed by atoms with Crippen molar-refractivity contribution in [1.82, 2.24) is 9.88 Å². The molecule has 4 rings (SSSR count). The standard InChI is InChI=1S/C25H25N3O3/c26-24(29)20-9-4-8-19(15-20)23-21(10-5-12-27-23)22-16-28(25(30)31)13-11-18(22)14-17-6-2-1-3-7-17/h1-10,12,15,18,22H,11,13-14,16H2,(H2,26,29)(H,30,31). The second-order valence-electron chi connectivity index (χ2n) is 7.96. The van der Waals surface area contributed by atoms with Crippen LogP contribution >= 0.6 is 0 Å². The van der Waals surface area contributed by atoms with Crippen molar-refractivity contribution in [3.63, 3.8) is 0 Å². The van der Waals surface area contributed by atoms with Crippen LogP contribution in [0.15, 0.2) is 72.9 Å². The molecule has 0 radical (unpaired) electrons. The Kier molecular flexibility index (Phi) is 5.98. The van der Waals surface area contributed by atoms with Crippen LogP contribution in [-0.4, -0.2) is 40.1 Å². The number of primary amides is 1. The molecule has 1 aliphatic heterocycles. The summed E-state index contributed by atoms with van der Waals surface area (Å²) < 4.78 is 0. The summed E-state index contributed by atoms with van der Waals surface area (Å²) in [7, 11) is 0. The molecule has 0 spiro atoms. The molecule has 1 aliphatic rings. The van der Waals surface area contributed by atoms with E-state index in [0.717, 1.165) is 29.7 Å². The first-order valence-corrected chi connectivity index (χ1v) is 10.4. The second kappa shape index (κ2) is 9.00. The van der Waals surface area contributed by atoms with Crippen molar-refractivity contribution in [2.75, 3.05) is 13.1 Å². The Bertz CT molecular complexity index is 1080. The zero-order valence-corrected chi connectivity index (χ0v) is 17.1. The van der Waals surface area contributed by atoms with Crippen LogP contribution in [0.4, 0.5) is 4.79 Å². The second-order valence-corrected chi connectivity index (χ2v) is 7.96. The van der Waals surface area contributed by atoms with Gasteiger partial charge in [-0.15, -0.1) is 0 Å². The summed E-state index contributed by atoms with van der Waals surface area (Å²) in [5.74, 6) is -0.220. The number of amides is 2. The van der Waals surface area contributed by atoms with Gasteiger partial charge >= 0.3 is 6.09 Å². The third-order valence-electron chi connectivity index (χ3n) is 6.03. The van der Waals surface area contributed by atoms with Gasteiger partial charge in [0.15, 0.2) is 0 Å². The molecule has 6 nitrogen and oxygen atoms in total. The Morgan fingerprint density at radius 1 is 1.06 bits per heavy atom. The third kappa shape index (κ3) is 4.58. The number of likely N-dealkylation sites (tertiary alicyclic amines) is 1. The largest absolute Gasteiger partial charge is 0.465 e. The van der Waals surface area contributed by atoms with Crippen molar-refractivity contribution < 1.29 is 14.7 Å². The van der Waals surface area contributed by atoms with Gasteiger partial charge in [-0.2, -0.15) is 0 Å². The summed E-state index contributed by atoms with van der Waals surface area (Å²) in [4.78, 5) is 29.5. The molecule has 1 fully saturated rings. The zero-order valence-electron chi connectivity index (χ0n) is 17.1. The lowest BCUT2D eigenvalue weighted by Crippen LogP contribution is -2.42. The van der Waals surface area contributed by atoms with Gasteiger partial charge in [-0.25, -0.2) is 4.79 Å². The van der Waals surface area contributed by atoms with Crippen LogP contribution in [0.1, 0.15) is 33.8 Å². The SMILES string of the molecule is NC(=O)c1cccc(-c2ncccc2C2CN(C(=O)O)CCC2Cc2ccccc2)c1. The minimum Gasteiger partial charge on any atom is -0.465 e. The van der Waals surface area contributed by atoms with E-state index in [0.29, 0.717) is 18.7 Å². The highest BCUT2D eigenvalue weighted by atomic mass is 16.4. The van der Waals surface area contributed by atoms with E-state index < -0.39 is 12.0 Å². The molecule has 3 aromatic rings. The van der Waals surface area contributed by atoms with Crippen LogP contribution in [0.5, 0.6) is 0 Å². The number of nitrogens with two attached hydrogens (primary N) is 1. The molecule has 0 bridgehead atoms. The highest BCUT2D eigenvalue weighted by molar-refractivity contribution is 5.94. The monoisotopic (exact) mass is 415 g/mol. The Balaban J connectivity index is 1.74. The Morgan fingerprint density at radius 2 is 1.87 bits per heavy atom. The number of carbonyl (C=O) groups excluding carboxylic acids is 1. The van der Waals surface area contributed by atoms with E-state index in [9.17, 15) is 14.7 Å². The summed E-state index contributed by atoms with van der Waals surface area (Å²) >= 11 is 0. The van der Waals surface area contributed by atoms with Crippen LogP contribution in [-0.2, 0) is 6.42 Å². The van der Waals surface area contributed by atoms with Crippen LogP contribution in [0.25, 0.3) is 11.3 Å². The molecule has 1 saturated heterocycles. The van der Waals surface area contributed by atoms with Gasteiger partial charge in [-0.05, 0) is 48.1 Å². The number of hydrogen-bond donors (Lipinski definition) is 2. The Morgan fingerprint density at radius 3 is 2.61 bits per heavy atom. The lowest BCUT2D eigenvalue weighted by atomic mass is 9.76. The van der Waals surface area contributed by atoms with Crippen LogP contribution < -0.4 is 5.73 Å². The highest BCUT2D eigenvalue weighted by Crippen LogP contribution is 2.38. The van der Waals surface area contributed by atoms with Crippen LogP contribution in [0.3, 0.4) is 0 Å². The lowest BCUT2D eigenvalue weighted by molar-refractivity contribution is 0.1000. The van der Waals surface area contributed by atoms with E-state index in [-0.39, 0.29) is 11.8 Å². The maximum Gasteiger partial charge on any atom is 0.407 e. The van der Waals surface area contributed by atoms with Gasteiger partial charge in [-0.1, -0.05) is 48.5 Å².